The van der Waals surface area contributed by atoms with Crippen LogP contribution >= 0.6 is 0 Å². The molecule has 1 fully saturated rings. The number of carbonyl (C=O) groups excluding carboxylic acids is 1. The second-order valence-corrected chi connectivity index (χ2v) is 7.05. The highest BCUT2D eigenvalue weighted by atomic mass is 16.6. The van der Waals surface area contributed by atoms with E-state index in [2.05, 4.69) is 25.2 Å². The largest absolute Gasteiger partial charge is 0.335 e. The normalized spacial score (nSPS) is 17.4. The summed E-state index contributed by atoms with van der Waals surface area (Å²) in [6, 6.07) is 5.94. The van der Waals surface area contributed by atoms with Crippen LogP contribution in [-0.2, 0) is 13.1 Å². The number of nitrogens with zero attached hydrogens (tertiary/aromatic N) is 5. The summed E-state index contributed by atoms with van der Waals surface area (Å²) in [5.41, 5.74) is 2.40. The van der Waals surface area contributed by atoms with Crippen LogP contribution in [0.4, 0.5) is 4.79 Å². The van der Waals surface area contributed by atoms with Crippen molar-refractivity contribution in [1.29, 1.82) is 0 Å². The zero-order valence-corrected chi connectivity index (χ0v) is 15.5. The molecule has 2 aromatic heterocycles. The van der Waals surface area contributed by atoms with E-state index in [1.165, 1.54) is 6.42 Å². The number of amides is 2. The number of urea groups is 1. The average molecular weight is 368 g/mol. The Hall–Kier alpha value is -2.90. The Morgan fingerprint density at radius 3 is 3.04 bits per heavy atom. The molecule has 0 aliphatic carbocycles. The van der Waals surface area contributed by atoms with Crippen molar-refractivity contribution in [3.05, 3.63) is 42.0 Å². The lowest BCUT2D eigenvalue weighted by Crippen LogP contribution is -2.48. The Labute approximate surface area is 157 Å². The van der Waals surface area contributed by atoms with Crippen LogP contribution in [0.3, 0.4) is 0 Å². The van der Waals surface area contributed by atoms with Crippen molar-refractivity contribution in [1.82, 2.24) is 30.1 Å². The summed E-state index contributed by atoms with van der Waals surface area (Å²) in [5.74, 6) is 1.01. The fourth-order valence-corrected chi connectivity index (χ4v) is 3.71. The first-order valence-corrected chi connectivity index (χ1v) is 9.44. The van der Waals surface area contributed by atoms with E-state index < -0.39 is 0 Å². The molecule has 1 aliphatic rings. The first-order valence-electron chi connectivity index (χ1n) is 9.44. The molecular formula is C19H24N6O2. The third-order valence-electron chi connectivity index (χ3n) is 5.28. The Morgan fingerprint density at radius 2 is 2.19 bits per heavy atom. The van der Waals surface area contributed by atoms with Crippen molar-refractivity contribution in [2.24, 2.45) is 0 Å². The molecule has 3 aromatic rings. The van der Waals surface area contributed by atoms with Gasteiger partial charge in [-0.3, -0.25) is 0 Å². The molecule has 1 aliphatic heterocycles. The smallest absolute Gasteiger partial charge is 0.317 e. The molecular weight excluding hydrogens is 344 g/mol. The predicted octanol–water partition coefficient (Wildman–Crippen LogP) is 2.88. The number of piperidine rings is 1. The quantitative estimate of drug-likeness (QED) is 0.748. The molecule has 1 aromatic carbocycles. The molecule has 0 saturated carbocycles. The number of fused-ring (bicyclic) bond motifs is 1. The lowest BCUT2D eigenvalue weighted by molar-refractivity contribution is 0.143. The first kappa shape index (κ1) is 17.5. The zero-order chi connectivity index (χ0) is 18.6. The molecule has 8 heteroatoms. The number of likely N-dealkylation sites (tertiary alicyclic amines) is 1. The fraction of sp³-hybridized carbons (Fsp3) is 0.474. The standard InChI is InChI=1S/C19H24N6O2/c1-14-20-8-11-24(14)10-7-16-4-2-3-9-25(16)19(26)21-13-15-5-6-17-18(12-15)23-27-22-17/h5-6,8,11-12,16H,2-4,7,9-10,13H2,1H3,(H,21,26)/t16-/m0/s1. The van der Waals surface area contributed by atoms with Crippen LogP contribution in [0.15, 0.2) is 35.2 Å². The molecule has 1 atom stereocenters. The molecule has 27 heavy (non-hydrogen) atoms. The van der Waals surface area contributed by atoms with Crippen LogP contribution in [0.25, 0.3) is 11.0 Å². The van der Waals surface area contributed by atoms with Crippen LogP contribution in [0, 0.1) is 6.92 Å². The van der Waals surface area contributed by atoms with Crippen molar-refractivity contribution < 1.29 is 9.42 Å². The van der Waals surface area contributed by atoms with Crippen LogP contribution in [0.5, 0.6) is 0 Å². The van der Waals surface area contributed by atoms with Crippen LogP contribution in [0.2, 0.25) is 0 Å². The minimum atomic E-state index is 0.000396. The predicted molar refractivity (Wildman–Crippen MR) is 100.0 cm³/mol. The molecule has 0 radical (unpaired) electrons. The minimum absolute atomic E-state index is 0.000396. The van der Waals surface area contributed by atoms with Gasteiger partial charge in [0.05, 0.1) is 0 Å². The number of aromatic nitrogens is 4. The van der Waals surface area contributed by atoms with Crippen LogP contribution < -0.4 is 5.32 Å². The molecule has 1 N–H and O–H groups in total. The first-order chi connectivity index (χ1) is 13.2. The maximum atomic E-state index is 12.8. The van der Waals surface area contributed by atoms with Gasteiger partial charge in [-0.2, -0.15) is 0 Å². The van der Waals surface area contributed by atoms with Gasteiger partial charge in [-0.15, -0.1) is 0 Å². The maximum absolute atomic E-state index is 12.8. The van der Waals surface area contributed by atoms with E-state index in [0.717, 1.165) is 49.3 Å². The molecule has 0 unspecified atom stereocenters. The monoisotopic (exact) mass is 368 g/mol. The summed E-state index contributed by atoms with van der Waals surface area (Å²) in [4.78, 5) is 19.0. The van der Waals surface area contributed by atoms with Crippen molar-refractivity contribution in [2.45, 2.75) is 51.7 Å². The van der Waals surface area contributed by atoms with Gasteiger partial charge in [0.15, 0.2) is 0 Å². The van der Waals surface area contributed by atoms with Gasteiger partial charge >= 0.3 is 6.03 Å². The highest BCUT2D eigenvalue weighted by Gasteiger charge is 2.26. The molecule has 2 amide bonds. The molecule has 1 saturated heterocycles. The Morgan fingerprint density at radius 1 is 1.30 bits per heavy atom. The number of hydrogen-bond donors (Lipinski definition) is 1. The molecule has 0 bridgehead atoms. The van der Waals surface area contributed by atoms with Gasteiger partial charge in [-0.05, 0) is 60.6 Å². The van der Waals surface area contributed by atoms with Crippen molar-refractivity contribution >= 4 is 17.1 Å². The van der Waals surface area contributed by atoms with Crippen LogP contribution in [-0.4, -0.2) is 43.4 Å². The van der Waals surface area contributed by atoms with E-state index in [1.807, 2.05) is 42.4 Å². The average Bonchev–Trinajstić information content (AvgIpc) is 3.32. The second kappa shape index (κ2) is 7.77. The summed E-state index contributed by atoms with van der Waals surface area (Å²) in [6.07, 6.45) is 8.05. The molecule has 0 spiro atoms. The number of benzene rings is 1. The SMILES string of the molecule is Cc1nccn1CC[C@@H]1CCCCN1C(=O)NCc1ccc2nonc2c1. The maximum Gasteiger partial charge on any atom is 0.317 e. The minimum Gasteiger partial charge on any atom is -0.335 e. The summed E-state index contributed by atoms with van der Waals surface area (Å²) < 4.78 is 6.86. The van der Waals surface area contributed by atoms with Crippen molar-refractivity contribution in [2.75, 3.05) is 6.54 Å². The lowest BCUT2D eigenvalue weighted by atomic mass is 9.99. The molecule has 142 valence electrons. The van der Waals surface area contributed by atoms with Crippen molar-refractivity contribution in [3.8, 4) is 0 Å². The zero-order valence-electron chi connectivity index (χ0n) is 15.5. The van der Waals surface area contributed by atoms with Gasteiger partial charge in [0.2, 0.25) is 0 Å². The van der Waals surface area contributed by atoms with Gasteiger partial charge in [-0.25, -0.2) is 14.4 Å². The van der Waals surface area contributed by atoms with Gasteiger partial charge in [-0.1, -0.05) is 6.07 Å². The second-order valence-electron chi connectivity index (χ2n) is 7.05. The van der Waals surface area contributed by atoms with E-state index in [9.17, 15) is 4.79 Å². The highest BCUT2D eigenvalue weighted by Crippen LogP contribution is 2.21. The lowest BCUT2D eigenvalue weighted by Gasteiger charge is -2.36. The van der Waals surface area contributed by atoms with Gasteiger partial charge < -0.3 is 14.8 Å². The summed E-state index contributed by atoms with van der Waals surface area (Å²) in [7, 11) is 0. The van der Waals surface area contributed by atoms with E-state index in [4.69, 9.17) is 4.63 Å². The Balaban J connectivity index is 1.35. The van der Waals surface area contributed by atoms with Crippen molar-refractivity contribution in [3.63, 3.8) is 0 Å². The third-order valence-corrected chi connectivity index (χ3v) is 5.28. The number of aryl methyl sites for hydroxylation is 2. The number of hydrogen-bond acceptors (Lipinski definition) is 5. The third kappa shape index (κ3) is 3.94. The number of carbonyl (C=O) groups is 1. The van der Waals surface area contributed by atoms with Gasteiger partial charge in [0, 0.05) is 38.1 Å². The fourth-order valence-electron chi connectivity index (χ4n) is 3.71. The molecule has 3 heterocycles. The summed E-state index contributed by atoms with van der Waals surface area (Å²) in [5, 5.41) is 10.7. The summed E-state index contributed by atoms with van der Waals surface area (Å²) >= 11 is 0. The van der Waals surface area contributed by atoms with E-state index in [0.29, 0.717) is 12.1 Å². The number of nitrogens with one attached hydrogen (secondary N) is 1. The Kier molecular flexibility index (Phi) is 5.04. The van der Waals surface area contributed by atoms with E-state index in [1.54, 1.807) is 0 Å². The highest BCUT2D eigenvalue weighted by molar-refractivity contribution is 5.76. The summed E-state index contributed by atoms with van der Waals surface area (Å²) in [6.45, 7) is 4.17. The van der Waals surface area contributed by atoms with Gasteiger partial charge in [0.1, 0.15) is 16.9 Å². The van der Waals surface area contributed by atoms with Crippen LogP contribution in [0.1, 0.15) is 37.1 Å². The number of imidazole rings is 1. The topological polar surface area (TPSA) is 89.1 Å². The Bertz CT molecular complexity index is 918. The van der Waals surface area contributed by atoms with E-state index >= 15 is 0 Å². The number of rotatable bonds is 5. The van der Waals surface area contributed by atoms with Gasteiger partial charge in [0.25, 0.3) is 0 Å². The van der Waals surface area contributed by atoms with E-state index in [-0.39, 0.29) is 12.1 Å². The molecule has 4 rings (SSSR count). The molecule has 8 nitrogen and oxygen atoms in total.